The van der Waals surface area contributed by atoms with Crippen LogP contribution in [0.2, 0.25) is 0 Å². The number of hydrogen-bond donors (Lipinski definition) is 1. The van der Waals surface area contributed by atoms with E-state index in [2.05, 4.69) is 16.6 Å². The lowest BCUT2D eigenvalue weighted by molar-refractivity contribution is 0.0760. The molecule has 0 fully saturated rings. The van der Waals surface area contributed by atoms with E-state index in [4.69, 9.17) is 10.5 Å². The van der Waals surface area contributed by atoms with Crippen molar-refractivity contribution in [3.05, 3.63) is 16.1 Å². The number of thioether (sulfide) groups is 1. The summed E-state index contributed by atoms with van der Waals surface area (Å²) in [5, 5.41) is 3.08. The Morgan fingerprint density at radius 3 is 3.00 bits per heavy atom. The average Bonchev–Trinajstić information content (AvgIpc) is 2.75. The van der Waals surface area contributed by atoms with E-state index in [0.717, 1.165) is 22.9 Å². The van der Waals surface area contributed by atoms with Crippen LogP contribution in [0.4, 0.5) is 0 Å². The third-order valence-corrected chi connectivity index (χ3v) is 3.99. The smallest absolute Gasteiger partial charge is 0.122 e. The Balaban J connectivity index is 2.56. The van der Waals surface area contributed by atoms with Crippen LogP contribution < -0.4 is 5.73 Å². The molecule has 16 heavy (non-hydrogen) atoms. The molecule has 2 N–H and O–H groups in total. The van der Waals surface area contributed by atoms with Crippen molar-refractivity contribution in [3.8, 4) is 0 Å². The van der Waals surface area contributed by atoms with Gasteiger partial charge in [0, 0.05) is 18.0 Å². The third-order valence-electron chi connectivity index (χ3n) is 2.32. The van der Waals surface area contributed by atoms with Gasteiger partial charge in [-0.1, -0.05) is 0 Å². The van der Waals surface area contributed by atoms with Gasteiger partial charge >= 0.3 is 0 Å². The van der Waals surface area contributed by atoms with Gasteiger partial charge in [0.1, 0.15) is 11.1 Å². The molecule has 1 rings (SSSR count). The third kappa shape index (κ3) is 4.05. The first kappa shape index (κ1) is 14.0. The van der Waals surface area contributed by atoms with Crippen molar-refractivity contribution >= 4 is 23.1 Å². The molecule has 0 amide bonds. The van der Waals surface area contributed by atoms with Crippen LogP contribution in [0.3, 0.4) is 0 Å². The summed E-state index contributed by atoms with van der Waals surface area (Å²) in [5.74, 6) is 1.08. The SMILES string of the molecule is CCOC(C)c1nc(C(N)CCSC)cs1. The average molecular weight is 260 g/mol. The maximum absolute atomic E-state index is 6.06. The molecule has 1 aromatic heterocycles. The molecule has 3 nitrogen and oxygen atoms in total. The first-order valence-corrected chi connectivity index (χ1v) is 7.77. The highest BCUT2D eigenvalue weighted by Gasteiger charge is 2.14. The second-order valence-corrected chi connectivity index (χ2v) is 5.47. The fourth-order valence-electron chi connectivity index (χ4n) is 1.37. The van der Waals surface area contributed by atoms with Crippen molar-refractivity contribution < 1.29 is 4.74 Å². The molecule has 1 heterocycles. The zero-order chi connectivity index (χ0) is 12.0. The van der Waals surface area contributed by atoms with Crippen LogP contribution >= 0.6 is 23.1 Å². The van der Waals surface area contributed by atoms with Gasteiger partial charge in [-0.25, -0.2) is 4.98 Å². The molecule has 1 aromatic rings. The zero-order valence-electron chi connectivity index (χ0n) is 10.1. The maximum Gasteiger partial charge on any atom is 0.122 e. The molecule has 0 spiro atoms. The normalized spacial score (nSPS) is 15.0. The monoisotopic (exact) mass is 260 g/mol. The number of nitrogens with zero attached hydrogens (tertiary/aromatic N) is 1. The molecule has 5 heteroatoms. The molecule has 0 saturated carbocycles. The van der Waals surface area contributed by atoms with Gasteiger partial charge in [-0.2, -0.15) is 11.8 Å². The van der Waals surface area contributed by atoms with Crippen molar-refractivity contribution in [2.75, 3.05) is 18.6 Å². The summed E-state index contributed by atoms with van der Waals surface area (Å²) in [4.78, 5) is 4.54. The van der Waals surface area contributed by atoms with E-state index in [9.17, 15) is 0 Å². The second-order valence-electron chi connectivity index (χ2n) is 3.60. The van der Waals surface area contributed by atoms with Crippen LogP contribution in [-0.2, 0) is 4.74 Å². The lowest BCUT2D eigenvalue weighted by atomic mass is 10.2. The molecule has 0 aromatic carbocycles. The van der Waals surface area contributed by atoms with E-state index in [1.54, 1.807) is 11.3 Å². The minimum absolute atomic E-state index is 0.0614. The summed E-state index contributed by atoms with van der Waals surface area (Å²) in [6.07, 6.45) is 3.15. The Kier molecular flexibility index (Phi) is 6.34. The zero-order valence-corrected chi connectivity index (χ0v) is 11.7. The molecule has 0 aliphatic heterocycles. The lowest BCUT2D eigenvalue weighted by Gasteiger charge is -2.09. The number of hydrogen-bond acceptors (Lipinski definition) is 5. The van der Waals surface area contributed by atoms with E-state index < -0.39 is 0 Å². The predicted octanol–water partition coefficient (Wildman–Crippen LogP) is 2.99. The molecule has 0 aliphatic carbocycles. The van der Waals surface area contributed by atoms with Gasteiger partial charge in [0.15, 0.2) is 0 Å². The van der Waals surface area contributed by atoms with Crippen molar-refractivity contribution in [3.63, 3.8) is 0 Å². The van der Waals surface area contributed by atoms with Gasteiger partial charge < -0.3 is 10.5 Å². The Bertz CT molecular complexity index is 304. The molecule has 0 bridgehead atoms. The molecule has 0 radical (unpaired) electrons. The minimum atomic E-state index is 0.0614. The van der Waals surface area contributed by atoms with Crippen molar-refractivity contribution in [2.24, 2.45) is 5.73 Å². The van der Waals surface area contributed by atoms with Crippen LogP contribution in [0.25, 0.3) is 0 Å². The van der Waals surface area contributed by atoms with Crippen LogP contribution in [0, 0.1) is 0 Å². The topological polar surface area (TPSA) is 48.1 Å². The van der Waals surface area contributed by atoms with Gasteiger partial charge in [-0.05, 0) is 32.3 Å². The summed E-state index contributed by atoms with van der Waals surface area (Å²) in [5.41, 5.74) is 7.06. The van der Waals surface area contributed by atoms with Crippen LogP contribution in [0.15, 0.2) is 5.38 Å². The van der Waals surface area contributed by atoms with Gasteiger partial charge in [-0.15, -0.1) is 11.3 Å². The summed E-state index contributed by atoms with van der Waals surface area (Å²) in [6.45, 7) is 4.74. The van der Waals surface area contributed by atoms with Crippen molar-refractivity contribution in [2.45, 2.75) is 32.4 Å². The quantitative estimate of drug-likeness (QED) is 0.818. The summed E-state index contributed by atoms with van der Waals surface area (Å²) < 4.78 is 5.51. The molecular weight excluding hydrogens is 240 g/mol. The standard InChI is InChI=1S/C11H20N2OS2/c1-4-14-8(2)11-13-10(7-16-11)9(12)5-6-15-3/h7-9H,4-6,12H2,1-3H3. The van der Waals surface area contributed by atoms with Crippen LogP contribution in [-0.4, -0.2) is 23.6 Å². The molecule has 2 unspecified atom stereocenters. The van der Waals surface area contributed by atoms with Gasteiger partial charge in [0.25, 0.3) is 0 Å². The lowest BCUT2D eigenvalue weighted by Crippen LogP contribution is -2.12. The Labute approximate surface area is 106 Å². The Hall–Kier alpha value is -0.100. The van der Waals surface area contributed by atoms with Gasteiger partial charge in [-0.3, -0.25) is 0 Å². The molecule has 0 aliphatic rings. The molecular formula is C11H20N2OS2. The molecule has 92 valence electrons. The summed E-state index contributed by atoms with van der Waals surface area (Å²) >= 11 is 3.45. The number of aromatic nitrogens is 1. The highest BCUT2D eigenvalue weighted by Crippen LogP contribution is 2.24. The number of ether oxygens (including phenoxy) is 1. The molecule has 2 atom stereocenters. The first-order chi connectivity index (χ1) is 7.69. The van der Waals surface area contributed by atoms with Crippen molar-refractivity contribution in [1.29, 1.82) is 0 Å². The molecule has 0 saturated heterocycles. The fraction of sp³-hybridized carbons (Fsp3) is 0.727. The van der Waals surface area contributed by atoms with E-state index in [1.807, 2.05) is 25.6 Å². The van der Waals surface area contributed by atoms with E-state index >= 15 is 0 Å². The van der Waals surface area contributed by atoms with Gasteiger partial charge in [0.05, 0.1) is 5.69 Å². The van der Waals surface area contributed by atoms with Gasteiger partial charge in [0.2, 0.25) is 0 Å². The summed E-state index contributed by atoms with van der Waals surface area (Å²) in [6, 6.07) is 0.0614. The number of rotatable bonds is 7. The Morgan fingerprint density at radius 2 is 2.38 bits per heavy atom. The van der Waals surface area contributed by atoms with E-state index in [-0.39, 0.29) is 12.1 Å². The summed E-state index contributed by atoms with van der Waals surface area (Å²) in [7, 11) is 0. The highest BCUT2D eigenvalue weighted by atomic mass is 32.2. The van der Waals surface area contributed by atoms with Crippen molar-refractivity contribution in [1.82, 2.24) is 4.98 Å². The fourth-order valence-corrected chi connectivity index (χ4v) is 2.75. The number of nitrogens with two attached hydrogens (primary N) is 1. The van der Waals surface area contributed by atoms with Crippen LogP contribution in [0.1, 0.15) is 43.1 Å². The largest absolute Gasteiger partial charge is 0.372 e. The van der Waals surface area contributed by atoms with Crippen LogP contribution in [0.5, 0.6) is 0 Å². The maximum atomic E-state index is 6.06. The van der Waals surface area contributed by atoms with E-state index in [0.29, 0.717) is 6.61 Å². The second kappa shape index (κ2) is 7.27. The number of thiazole rings is 1. The Morgan fingerprint density at radius 1 is 1.62 bits per heavy atom. The predicted molar refractivity (Wildman–Crippen MR) is 72.1 cm³/mol. The first-order valence-electron chi connectivity index (χ1n) is 5.50. The highest BCUT2D eigenvalue weighted by molar-refractivity contribution is 7.98. The van der Waals surface area contributed by atoms with E-state index in [1.165, 1.54) is 0 Å². The minimum Gasteiger partial charge on any atom is -0.372 e.